The predicted octanol–water partition coefficient (Wildman–Crippen LogP) is 3.38. The van der Waals surface area contributed by atoms with Crippen molar-refractivity contribution in [3.63, 3.8) is 0 Å². The van der Waals surface area contributed by atoms with E-state index in [0.717, 1.165) is 18.9 Å². The summed E-state index contributed by atoms with van der Waals surface area (Å²) in [5, 5.41) is 9.96. The van der Waals surface area contributed by atoms with Crippen LogP contribution in [0.4, 0.5) is 0 Å². The molecular formula is C14H28O2. The van der Waals surface area contributed by atoms with Crippen molar-refractivity contribution >= 4 is 0 Å². The minimum Gasteiger partial charge on any atom is -0.390 e. The Balaban J connectivity index is 1.98. The van der Waals surface area contributed by atoms with E-state index in [2.05, 4.69) is 13.8 Å². The van der Waals surface area contributed by atoms with E-state index < -0.39 is 0 Å². The van der Waals surface area contributed by atoms with Gasteiger partial charge in [0.1, 0.15) is 0 Å². The van der Waals surface area contributed by atoms with Crippen molar-refractivity contribution in [1.29, 1.82) is 0 Å². The summed E-state index contributed by atoms with van der Waals surface area (Å²) in [6.07, 6.45) is 8.42. The van der Waals surface area contributed by atoms with Crippen molar-refractivity contribution in [2.24, 2.45) is 11.8 Å². The molecule has 0 radical (unpaired) electrons. The second kappa shape index (κ2) is 8.08. The first-order valence-electron chi connectivity index (χ1n) is 6.96. The molecule has 2 nitrogen and oxygen atoms in total. The maximum atomic E-state index is 9.96. The fourth-order valence-electron chi connectivity index (χ4n) is 2.45. The van der Waals surface area contributed by atoms with Crippen LogP contribution in [-0.2, 0) is 4.74 Å². The molecule has 1 N–H and O–H groups in total. The Hall–Kier alpha value is -0.0800. The van der Waals surface area contributed by atoms with Crippen LogP contribution in [0.2, 0.25) is 0 Å². The summed E-state index contributed by atoms with van der Waals surface area (Å²) in [6.45, 7) is 5.82. The molecule has 0 aliphatic heterocycles. The van der Waals surface area contributed by atoms with Crippen LogP contribution in [-0.4, -0.2) is 24.4 Å². The van der Waals surface area contributed by atoms with Crippen molar-refractivity contribution in [3.8, 4) is 0 Å². The third kappa shape index (κ3) is 5.86. The molecule has 0 aromatic carbocycles. The lowest BCUT2D eigenvalue weighted by molar-refractivity contribution is -0.00612. The summed E-state index contributed by atoms with van der Waals surface area (Å²) in [4.78, 5) is 0. The first-order chi connectivity index (χ1) is 7.70. The fourth-order valence-corrected chi connectivity index (χ4v) is 2.45. The Morgan fingerprint density at radius 2 is 1.88 bits per heavy atom. The van der Waals surface area contributed by atoms with Gasteiger partial charge in [-0.05, 0) is 37.5 Å². The summed E-state index contributed by atoms with van der Waals surface area (Å²) in [7, 11) is 0. The lowest BCUT2D eigenvalue weighted by atomic mass is 9.85. The zero-order chi connectivity index (χ0) is 11.8. The molecule has 0 bridgehead atoms. The summed E-state index contributed by atoms with van der Waals surface area (Å²) >= 11 is 0. The monoisotopic (exact) mass is 228 g/mol. The van der Waals surface area contributed by atoms with Gasteiger partial charge in [-0.1, -0.05) is 33.1 Å². The highest BCUT2D eigenvalue weighted by molar-refractivity contribution is 4.72. The van der Waals surface area contributed by atoms with E-state index >= 15 is 0 Å². The Morgan fingerprint density at radius 3 is 2.50 bits per heavy atom. The maximum Gasteiger partial charge on any atom is 0.0801 e. The second-order valence-electron chi connectivity index (χ2n) is 5.58. The molecule has 16 heavy (non-hydrogen) atoms. The van der Waals surface area contributed by atoms with E-state index in [1.807, 2.05) is 0 Å². The number of aliphatic hydroxyl groups excluding tert-OH is 1. The van der Waals surface area contributed by atoms with Gasteiger partial charge in [-0.15, -0.1) is 0 Å². The quantitative estimate of drug-likeness (QED) is 0.677. The van der Waals surface area contributed by atoms with Crippen LogP contribution in [0.5, 0.6) is 0 Å². The van der Waals surface area contributed by atoms with Gasteiger partial charge in [0.25, 0.3) is 0 Å². The molecule has 1 aliphatic rings. The van der Waals surface area contributed by atoms with Crippen molar-refractivity contribution in [2.45, 2.75) is 64.9 Å². The minimum atomic E-state index is -0.223. The molecule has 1 saturated carbocycles. The summed E-state index contributed by atoms with van der Waals surface area (Å²) in [5.74, 6) is 1.26. The molecule has 1 aliphatic carbocycles. The second-order valence-corrected chi connectivity index (χ2v) is 5.58. The number of ether oxygens (including phenoxy) is 1. The Labute approximate surface area is 100 Å². The predicted molar refractivity (Wildman–Crippen MR) is 67.5 cm³/mol. The fraction of sp³-hybridized carbons (Fsp3) is 1.00. The smallest absolute Gasteiger partial charge is 0.0801 e. The van der Waals surface area contributed by atoms with Gasteiger partial charge < -0.3 is 9.84 Å². The maximum absolute atomic E-state index is 9.96. The highest BCUT2D eigenvalue weighted by Gasteiger charge is 2.21. The molecule has 0 aromatic rings. The van der Waals surface area contributed by atoms with Crippen molar-refractivity contribution in [2.75, 3.05) is 13.2 Å². The van der Waals surface area contributed by atoms with Gasteiger partial charge in [-0.2, -0.15) is 0 Å². The average Bonchev–Trinajstić information content (AvgIpc) is 2.29. The SMILES string of the molecule is CC(C)CCCOCC(O)C1CCCCC1. The molecule has 1 rings (SSSR count). The topological polar surface area (TPSA) is 29.5 Å². The van der Waals surface area contributed by atoms with Gasteiger partial charge in [0.15, 0.2) is 0 Å². The van der Waals surface area contributed by atoms with E-state index in [-0.39, 0.29) is 6.10 Å². The molecule has 1 atom stereocenters. The molecular weight excluding hydrogens is 200 g/mol. The summed E-state index contributed by atoms with van der Waals surface area (Å²) in [5.41, 5.74) is 0. The Morgan fingerprint density at radius 1 is 1.19 bits per heavy atom. The molecule has 0 heterocycles. The summed E-state index contributed by atoms with van der Waals surface area (Å²) < 4.78 is 5.55. The normalized spacial score (nSPS) is 20.2. The molecule has 0 amide bonds. The third-order valence-corrected chi connectivity index (χ3v) is 3.55. The highest BCUT2D eigenvalue weighted by atomic mass is 16.5. The molecule has 1 fully saturated rings. The van der Waals surface area contributed by atoms with Gasteiger partial charge in [0.2, 0.25) is 0 Å². The van der Waals surface area contributed by atoms with E-state index in [1.54, 1.807) is 0 Å². The number of aliphatic hydroxyl groups is 1. The van der Waals surface area contributed by atoms with E-state index in [1.165, 1.54) is 38.5 Å². The van der Waals surface area contributed by atoms with Crippen LogP contribution < -0.4 is 0 Å². The Kier molecular flexibility index (Phi) is 7.06. The molecule has 0 aromatic heterocycles. The Bertz CT molecular complexity index is 162. The average molecular weight is 228 g/mol. The minimum absolute atomic E-state index is 0.223. The number of hydrogen-bond donors (Lipinski definition) is 1. The van der Waals surface area contributed by atoms with Crippen LogP contribution in [0.1, 0.15) is 58.8 Å². The lowest BCUT2D eigenvalue weighted by Gasteiger charge is -2.26. The van der Waals surface area contributed by atoms with E-state index in [4.69, 9.17) is 4.74 Å². The van der Waals surface area contributed by atoms with Gasteiger partial charge in [-0.3, -0.25) is 0 Å². The number of hydrogen-bond acceptors (Lipinski definition) is 2. The van der Waals surface area contributed by atoms with Crippen molar-refractivity contribution in [3.05, 3.63) is 0 Å². The van der Waals surface area contributed by atoms with Gasteiger partial charge >= 0.3 is 0 Å². The molecule has 2 heteroatoms. The van der Waals surface area contributed by atoms with Gasteiger partial charge in [0.05, 0.1) is 12.7 Å². The van der Waals surface area contributed by atoms with Gasteiger partial charge in [-0.25, -0.2) is 0 Å². The van der Waals surface area contributed by atoms with Crippen LogP contribution in [0.3, 0.4) is 0 Å². The van der Waals surface area contributed by atoms with Crippen LogP contribution >= 0.6 is 0 Å². The van der Waals surface area contributed by atoms with Gasteiger partial charge in [0, 0.05) is 6.61 Å². The van der Waals surface area contributed by atoms with Crippen molar-refractivity contribution < 1.29 is 9.84 Å². The first kappa shape index (κ1) is 14.0. The third-order valence-electron chi connectivity index (χ3n) is 3.55. The zero-order valence-corrected chi connectivity index (χ0v) is 11.0. The number of rotatable bonds is 7. The molecule has 0 spiro atoms. The first-order valence-corrected chi connectivity index (χ1v) is 6.96. The molecule has 0 saturated heterocycles. The molecule has 1 unspecified atom stereocenters. The summed E-state index contributed by atoms with van der Waals surface area (Å²) in [6, 6.07) is 0. The van der Waals surface area contributed by atoms with Crippen LogP contribution in [0, 0.1) is 11.8 Å². The molecule has 96 valence electrons. The van der Waals surface area contributed by atoms with E-state index in [0.29, 0.717) is 12.5 Å². The highest BCUT2D eigenvalue weighted by Crippen LogP contribution is 2.26. The standard InChI is InChI=1S/C14H28O2/c1-12(2)7-6-10-16-11-14(15)13-8-4-3-5-9-13/h12-15H,3-11H2,1-2H3. The van der Waals surface area contributed by atoms with Crippen molar-refractivity contribution in [1.82, 2.24) is 0 Å². The van der Waals surface area contributed by atoms with Crippen LogP contribution in [0.15, 0.2) is 0 Å². The largest absolute Gasteiger partial charge is 0.390 e. The van der Waals surface area contributed by atoms with E-state index in [9.17, 15) is 5.11 Å². The lowest BCUT2D eigenvalue weighted by Crippen LogP contribution is -2.27. The van der Waals surface area contributed by atoms with Crippen LogP contribution in [0.25, 0.3) is 0 Å². The zero-order valence-electron chi connectivity index (χ0n) is 11.0.